The molecule has 0 heterocycles. The number of hydrogen-bond acceptors (Lipinski definition) is 2. The van der Waals surface area contributed by atoms with Crippen LogP contribution in [0.3, 0.4) is 0 Å². The number of hydrogen-bond donors (Lipinski definition) is 1. The molecule has 0 saturated heterocycles. The van der Waals surface area contributed by atoms with Crippen LogP contribution >= 0.6 is 11.6 Å². The van der Waals surface area contributed by atoms with Crippen molar-refractivity contribution in [2.75, 3.05) is 0 Å². The molecule has 2 aromatic rings. The third-order valence-corrected chi connectivity index (χ3v) is 3.18. The lowest BCUT2D eigenvalue weighted by Gasteiger charge is -2.15. The predicted molar refractivity (Wildman–Crippen MR) is 79.9 cm³/mol. The fraction of sp³-hybridized carbons (Fsp3) is 0.250. The zero-order valence-electron chi connectivity index (χ0n) is 11.8. The normalized spacial score (nSPS) is 11.0. The molecule has 0 fully saturated rings. The predicted octanol–water partition coefficient (Wildman–Crippen LogP) is 4.91. The molecule has 0 radical (unpaired) electrons. The summed E-state index contributed by atoms with van der Waals surface area (Å²) >= 11 is 6.12. The van der Waals surface area contributed by atoms with E-state index in [1.165, 1.54) is 12.1 Å². The second-order valence-corrected chi connectivity index (χ2v) is 5.32. The van der Waals surface area contributed by atoms with E-state index in [9.17, 15) is 8.78 Å². The van der Waals surface area contributed by atoms with Crippen molar-refractivity contribution in [2.24, 2.45) is 0 Å². The quantitative estimate of drug-likeness (QED) is 0.847. The van der Waals surface area contributed by atoms with Crippen LogP contribution in [0, 0.1) is 11.6 Å². The van der Waals surface area contributed by atoms with Crippen LogP contribution in [0.4, 0.5) is 8.78 Å². The topological polar surface area (TPSA) is 21.3 Å². The van der Waals surface area contributed by atoms with Gasteiger partial charge in [-0.05, 0) is 18.2 Å². The molecule has 2 aromatic carbocycles. The van der Waals surface area contributed by atoms with Crippen LogP contribution in [-0.4, -0.2) is 6.04 Å². The molecule has 0 unspecified atom stereocenters. The summed E-state index contributed by atoms with van der Waals surface area (Å²) in [4.78, 5) is 0. The van der Waals surface area contributed by atoms with Crippen molar-refractivity contribution in [1.29, 1.82) is 0 Å². The molecule has 0 aliphatic carbocycles. The Morgan fingerprint density at radius 3 is 2.57 bits per heavy atom. The van der Waals surface area contributed by atoms with E-state index in [0.29, 0.717) is 17.3 Å². The molecule has 0 aliphatic heterocycles. The van der Waals surface area contributed by atoms with Gasteiger partial charge in [0.15, 0.2) is 17.3 Å². The summed E-state index contributed by atoms with van der Waals surface area (Å²) in [5, 5.41) is 3.58. The van der Waals surface area contributed by atoms with Crippen LogP contribution in [0.5, 0.6) is 11.5 Å². The number of para-hydroxylation sites is 1. The van der Waals surface area contributed by atoms with Crippen LogP contribution in [0.1, 0.15) is 19.4 Å². The molecule has 2 nitrogen and oxygen atoms in total. The molecule has 0 aromatic heterocycles. The Morgan fingerprint density at radius 2 is 1.86 bits per heavy atom. The molecule has 5 heteroatoms. The van der Waals surface area contributed by atoms with Crippen molar-refractivity contribution in [2.45, 2.75) is 26.4 Å². The van der Waals surface area contributed by atoms with Gasteiger partial charge < -0.3 is 10.1 Å². The first-order chi connectivity index (χ1) is 9.99. The zero-order chi connectivity index (χ0) is 15.4. The maximum atomic E-state index is 13.7. The molecule has 0 saturated carbocycles. The van der Waals surface area contributed by atoms with Crippen molar-refractivity contribution >= 4 is 11.6 Å². The molecule has 0 aliphatic rings. The molecule has 0 amide bonds. The molecular formula is C16H16ClF2NO. The SMILES string of the molecule is CC(C)NCc1cccc(Cl)c1Oc1cccc(F)c1F. The monoisotopic (exact) mass is 311 g/mol. The summed E-state index contributed by atoms with van der Waals surface area (Å²) < 4.78 is 32.4. The van der Waals surface area contributed by atoms with Crippen molar-refractivity contribution in [3.05, 3.63) is 58.6 Å². The molecule has 0 atom stereocenters. The first-order valence-corrected chi connectivity index (χ1v) is 6.99. The van der Waals surface area contributed by atoms with Crippen LogP contribution < -0.4 is 10.1 Å². The highest BCUT2D eigenvalue weighted by Crippen LogP contribution is 2.34. The van der Waals surface area contributed by atoms with Crippen molar-refractivity contribution in [1.82, 2.24) is 5.32 Å². The van der Waals surface area contributed by atoms with Crippen molar-refractivity contribution in [3.8, 4) is 11.5 Å². The molecule has 2 rings (SSSR count). The van der Waals surface area contributed by atoms with Gasteiger partial charge in [-0.15, -0.1) is 0 Å². The average molecular weight is 312 g/mol. The molecule has 0 bridgehead atoms. The average Bonchev–Trinajstić information content (AvgIpc) is 2.44. The lowest BCUT2D eigenvalue weighted by molar-refractivity contribution is 0.411. The van der Waals surface area contributed by atoms with E-state index in [4.69, 9.17) is 16.3 Å². The van der Waals surface area contributed by atoms with Gasteiger partial charge in [-0.25, -0.2) is 4.39 Å². The zero-order valence-corrected chi connectivity index (χ0v) is 12.5. The van der Waals surface area contributed by atoms with Gasteiger partial charge in [0.05, 0.1) is 5.02 Å². The maximum absolute atomic E-state index is 13.7. The highest BCUT2D eigenvalue weighted by atomic mass is 35.5. The third kappa shape index (κ3) is 3.93. The minimum Gasteiger partial charge on any atom is -0.452 e. The first-order valence-electron chi connectivity index (χ1n) is 6.61. The van der Waals surface area contributed by atoms with Crippen molar-refractivity contribution < 1.29 is 13.5 Å². The largest absolute Gasteiger partial charge is 0.452 e. The Hall–Kier alpha value is -1.65. The van der Waals surface area contributed by atoms with E-state index in [-0.39, 0.29) is 11.8 Å². The third-order valence-electron chi connectivity index (χ3n) is 2.88. The number of ether oxygens (including phenoxy) is 1. The van der Waals surface area contributed by atoms with Gasteiger partial charge in [0, 0.05) is 18.2 Å². The fourth-order valence-corrected chi connectivity index (χ4v) is 2.03. The van der Waals surface area contributed by atoms with Crippen LogP contribution in [-0.2, 0) is 6.54 Å². The maximum Gasteiger partial charge on any atom is 0.201 e. The van der Waals surface area contributed by atoms with E-state index in [2.05, 4.69) is 5.32 Å². The molecule has 21 heavy (non-hydrogen) atoms. The summed E-state index contributed by atoms with van der Waals surface area (Å²) in [6, 6.07) is 9.33. The smallest absolute Gasteiger partial charge is 0.201 e. The first kappa shape index (κ1) is 15.7. The van der Waals surface area contributed by atoms with E-state index >= 15 is 0 Å². The molecular weight excluding hydrogens is 296 g/mol. The summed E-state index contributed by atoms with van der Waals surface area (Å²) in [7, 11) is 0. The van der Waals surface area contributed by atoms with E-state index in [0.717, 1.165) is 11.6 Å². The fourth-order valence-electron chi connectivity index (χ4n) is 1.79. The summed E-state index contributed by atoms with van der Waals surface area (Å²) in [6.07, 6.45) is 0. The molecule has 112 valence electrons. The lowest BCUT2D eigenvalue weighted by atomic mass is 10.2. The van der Waals surface area contributed by atoms with E-state index in [1.54, 1.807) is 12.1 Å². The van der Waals surface area contributed by atoms with Crippen LogP contribution in [0.25, 0.3) is 0 Å². The Labute approximate surface area is 127 Å². The summed E-state index contributed by atoms with van der Waals surface area (Å²) in [6.45, 7) is 4.54. The summed E-state index contributed by atoms with van der Waals surface area (Å²) in [5.74, 6) is -1.84. The van der Waals surface area contributed by atoms with E-state index in [1.807, 2.05) is 19.9 Å². The van der Waals surface area contributed by atoms with Gasteiger partial charge >= 0.3 is 0 Å². The minimum absolute atomic E-state index is 0.186. The minimum atomic E-state index is -1.03. The summed E-state index contributed by atoms with van der Waals surface area (Å²) in [5.41, 5.74) is 0.778. The van der Waals surface area contributed by atoms with E-state index < -0.39 is 11.6 Å². The van der Waals surface area contributed by atoms with Crippen LogP contribution in [0.2, 0.25) is 5.02 Å². The number of benzene rings is 2. The van der Waals surface area contributed by atoms with Crippen molar-refractivity contribution in [3.63, 3.8) is 0 Å². The Balaban J connectivity index is 2.32. The highest BCUT2D eigenvalue weighted by Gasteiger charge is 2.14. The van der Waals surface area contributed by atoms with Crippen LogP contribution in [0.15, 0.2) is 36.4 Å². The highest BCUT2D eigenvalue weighted by molar-refractivity contribution is 6.32. The standard InChI is InChI=1S/C16H16ClF2NO/c1-10(2)20-9-11-5-3-6-12(17)16(11)21-14-8-4-7-13(18)15(14)19/h3-8,10,20H,9H2,1-2H3. The Kier molecular flexibility index (Phi) is 5.15. The second-order valence-electron chi connectivity index (χ2n) is 4.92. The number of halogens is 3. The molecule has 1 N–H and O–H groups in total. The van der Waals surface area contributed by atoms with Gasteiger partial charge in [0.1, 0.15) is 0 Å². The van der Waals surface area contributed by atoms with Gasteiger partial charge in [-0.2, -0.15) is 4.39 Å². The van der Waals surface area contributed by atoms with Gasteiger partial charge in [-0.3, -0.25) is 0 Å². The number of nitrogens with one attached hydrogen (secondary N) is 1. The van der Waals surface area contributed by atoms with Gasteiger partial charge in [-0.1, -0.05) is 43.6 Å². The number of rotatable bonds is 5. The Morgan fingerprint density at radius 1 is 1.14 bits per heavy atom. The molecule has 0 spiro atoms. The Bertz CT molecular complexity index is 632. The van der Waals surface area contributed by atoms with Gasteiger partial charge in [0.25, 0.3) is 0 Å². The lowest BCUT2D eigenvalue weighted by Crippen LogP contribution is -2.22. The van der Waals surface area contributed by atoms with Gasteiger partial charge in [0.2, 0.25) is 5.82 Å². The second kappa shape index (κ2) is 6.87.